The topological polar surface area (TPSA) is 51.1 Å². The van der Waals surface area contributed by atoms with Crippen molar-refractivity contribution in [2.24, 2.45) is 0 Å². The van der Waals surface area contributed by atoms with E-state index in [2.05, 4.69) is 20.7 Å². The van der Waals surface area contributed by atoms with Crippen molar-refractivity contribution >= 4 is 31.8 Å². The van der Waals surface area contributed by atoms with Gasteiger partial charge in [-0.25, -0.2) is 12.8 Å². The van der Waals surface area contributed by atoms with E-state index < -0.39 is 10.0 Å². The molecule has 1 aromatic heterocycles. The standard InChI is InChI=1S/C16H12BrFN2O2S/c17-12-10-16(19-23(21,22)15-4-2-1-3-5-15)20(11-12)14-8-6-13(18)7-9-14/h1-11,19H. The number of sulfonamides is 1. The van der Waals surface area contributed by atoms with Gasteiger partial charge in [-0.05, 0) is 58.4 Å². The van der Waals surface area contributed by atoms with Crippen LogP contribution in [0.15, 0.2) is 76.2 Å². The molecule has 0 radical (unpaired) electrons. The Bertz CT molecular complexity index is 922. The Morgan fingerprint density at radius 3 is 2.30 bits per heavy atom. The van der Waals surface area contributed by atoms with Crippen LogP contribution >= 0.6 is 15.9 Å². The van der Waals surface area contributed by atoms with E-state index in [4.69, 9.17) is 0 Å². The van der Waals surface area contributed by atoms with Gasteiger partial charge in [0.15, 0.2) is 0 Å². The maximum absolute atomic E-state index is 13.1. The molecule has 4 nitrogen and oxygen atoms in total. The van der Waals surface area contributed by atoms with Crippen molar-refractivity contribution in [3.8, 4) is 5.69 Å². The van der Waals surface area contributed by atoms with Gasteiger partial charge in [0.1, 0.15) is 11.6 Å². The van der Waals surface area contributed by atoms with Crippen LogP contribution in [-0.2, 0) is 10.0 Å². The third kappa shape index (κ3) is 3.46. The zero-order chi connectivity index (χ0) is 16.4. The van der Waals surface area contributed by atoms with Crippen LogP contribution in [0.3, 0.4) is 0 Å². The predicted molar refractivity (Wildman–Crippen MR) is 90.7 cm³/mol. The number of hydrogen-bond donors (Lipinski definition) is 1. The van der Waals surface area contributed by atoms with Crippen LogP contribution in [0.2, 0.25) is 0 Å². The quantitative estimate of drug-likeness (QED) is 0.721. The number of aromatic nitrogens is 1. The monoisotopic (exact) mass is 394 g/mol. The molecular weight excluding hydrogens is 383 g/mol. The molecule has 1 N–H and O–H groups in total. The number of nitrogens with one attached hydrogen (secondary N) is 1. The highest BCUT2D eigenvalue weighted by atomic mass is 79.9. The highest BCUT2D eigenvalue weighted by Crippen LogP contribution is 2.26. The largest absolute Gasteiger partial charge is 0.302 e. The molecule has 0 spiro atoms. The van der Waals surface area contributed by atoms with Gasteiger partial charge in [-0.15, -0.1) is 0 Å². The summed E-state index contributed by atoms with van der Waals surface area (Å²) in [6.45, 7) is 0. The Hall–Kier alpha value is -2.12. The average Bonchev–Trinajstić information content (AvgIpc) is 2.89. The molecule has 118 valence electrons. The predicted octanol–water partition coefficient (Wildman–Crippen LogP) is 4.18. The van der Waals surface area contributed by atoms with E-state index in [0.717, 1.165) is 0 Å². The molecule has 0 saturated carbocycles. The Kier molecular flexibility index (Phi) is 4.23. The number of anilines is 1. The fourth-order valence-corrected chi connectivity index (χ4v) is 3.61. The highest BCUT2D eigenvalue weighted by molar-refractivity contribution is 9.10. The molecule has 0 fully saturated rings. The highest BCUT2D eigenvalue weighted by Gasteiger charge is 2.17. The summed E-state index contributed by atoms with van der Waals surface area (Å²) >= 11 is 3.33. The molecular formula is C16H12BrFN2O2S. The van der Waals surface area contributed by atoms with Crippen LogP contribution in [-0.4, -0.2) is 13.0 Å². The van der Waals surface area contributed by atoms with E-state index in [-0.39, 0.29) is 10.7 Å². The van der Waals surface area contributed by atoms with Gasteiger partial charge in [0, 0.05) is 16.4 Å². The molecule has 0 bridgehead atoms. The molecule has 0 amide bonds. The third-order valence-electron chi connectivity index (χ3n) is 3.18. The zero-order valence-electron chi connectivity index (χ0n) is 11.8. The first kappa shape index (κ1) is 15.8. The van der Waals surface area contributed by atoms with Crippen LogP contribution in [0.1, 0.15) is 0 Å². The molecule has 0 aliphatic rings. The maximum atomic E-state index is 13.1. The summed E-state index contributed by atoms with van der Waals surface area (Å²) in [5.74, 6) is -0.00118. The first-order valence-corrected chi connectivity index (χ1v) is 8.95. The summed E-state index contributed by atoms with van der Waals surface area (Å²) in [6, 6.07) is 15.5. The second kappa shape index (κ2) is 6.17. The van der Waals surface area contributed by atoms with Crippen molar-refractivity contribution in [2.45, 2.75) is 4.90 Å². The van der Waals surface area contributed by atoms with Gasteiger partial charge in [0.2, 0.25) is 0 Å². The minimum absolute atomic E-state index is 0.169. The van der Waals surface area contributed by atoms with Gasteiger partial charge in [-0.3, -0.25) is 4.72 Å². The number of nitrogens with zero attached hydrogens (tertiary/aromatic N) is 1. The summed E-state index contributed by atoms with van der Waals surface area (Å²) in [5, 5.41) is 0. The molecule has 7 heteroatoms. The Labute approximate surface area is 141 Å². The van der Waals surface area contributed by atoms with Gasteiger partial charge in [-0.1, -0.05) is 18.2 Å². The Morgan fingerprint density at radius 1 is 1.00 bits per heavy atom. The SMILES string of the molecule is O=S(=O)(Nc1cc(Br)cn1-c1ccc(F)cc1)c1ccccc1. The van der Waals surface area contributed by atoms with Crippen LogP contribution in [0.5, 0.6) is 0 Å². The van der Waals surface area contributed by atoms with E-state index in [1.807, 2.05) is 0 Å². The Morgan fingerprint density at radius 2 is 1.65 bits per heavy atom. The number of halogens is 2. The molecule has 23 heavy (non-hydrogen) atoms. The van der Waals surface area contributed by atoms with E-state index in [1.54, 1.807) is 47.2 Å². The molecule has 3 rings (SSSR count). The number of hydrogen-bond acceptors (Lipinski definition) is 2. The van der Waals surface area contributed by atoms with Crippen LogP contribution < -0.4 is 4.72 Å². The van der Waals surface area contributed by atoms with Crippen molar-refractivity contribution in [3.63, 3.8) is 0 Å². The second-order valence-corrected chi connectivity index (χ2v) is 7.41. The third-order valence-corrected chi connectivity index (χ3v) is 4.99. The molecule has 0 aliphatic heterocycles. The molecule has 0 saturated heterocycles. The lowest BCUT2D eigenvalue weighted by Gasteiger charge is -2.12. The van der Waals surface area contributed by atoms with E-state index in [0.29, 0.717) is 16.0 Å². The average molecular weight is 395 g/mol. The lowest BCUT2D eigenvalue weighted by molar-refractivity contribution is 0.601. The van der Waals surface area contributed by atoms with Crippen molar-refractivity contribution in [1.82, 2.24) is 4.57 Å². The number of benzene rings is 2. The first-order valence-electron chi connectivity index (χ1n) is 6.67. The Balaban J connectivity index is 2.00. The summed E-state index contributed by atoms with van der Waals surface area (Å²) in [7, 11) is -3.70. The van der Waals surface area contributed by atoms with Gasteiger partial charge in [0.25, 0.3) is 10.0 Å². The summed E-state index contributed by atoms with van der Waals surface area (Å²) in [4.78, 5) is 0.169. The fraction of sp³-hybridized carbons (Fsp3) is 0. The first-order chi connectivity index (χ1) is 11.0. The minimum Gasteiger partial charge on any atom is -0.302 e. The van der Waals surface area contributed by atoms with E-state index in [9.17, 15) is 12.8 Å². The maximum Gasteiger partial charge on any atom is 0.263 e. The van der Waals surface area contributed by atoms with Crippen molar-refractivity contribution in [1.29, 1.82) is 0 Å². The molecule has 2 aromatic carbocycles. The second-order valence-electron chi connectivity index (χ2n) is 4.81. The van der Waals surface area contributed by atoms with Gasteiger partial charge in [0.05, 0.1) is 4.90 Å². The van der Waals surface area contributed by atoms with Crippen LogP contribution in [0, 0.1) is 5.82 Å². The van der Waals surface area contributed by atoms with Gasteiger partial charge >= 0.3 is 0 Å². The molecule has 0 unspecified atom stereocenters. The van der Waals surface area contributed by atoms with Crippen molar-refractivity contribution < 1.29 is 12.8 Å². The zero-order valence-corrected chi connectivity index (χ0v) is 14.2. The van der Waals surface area contributed by atoms with E-state index in [1.165, 1.54) is 24.3 Å². The fourth-order valence-electron chi connectivity index (χ4n) is 2.12. The molecule has 0 aliphatic carbocycles. The van der Waals surface area contributed by atoms with Crippen molar-refractivity contribution in [2.75, 3.05) is 4.72 Å². The summed E-state index contributed by atoms with van der Waals surface area (Å²) < 4.78 is 42.8. The lowest BCUT2D eigenvalue weighted by atomic mass is 10.3. The molecule has 0 atom stereocenters. The number of rotatable bonds is 4. The van der Waals surface area contributed by atoms with Crippen LogP contribution in [0.4, 0.5) is 10.2 Å². The summed E-state index contributed by atoms with van der Waals surface area (Å²) in [6.07, 6.45) is 1.70. The van der Waals surface area contributed by atoms with Crippen molar-refractivity contribution in [3.05, 3.63) is 77.2 Å². The van der Waals surface area contributed by atoms with Crippen LogP contribution in [0.25, 0.3) is 5.69 Å². The lowest BCUT2D eigenvalue weighted by Crippen LogP contribution is -2.15. The minimum atomic E-state index is -3.70. The summed E-state index contributed by atoms with van der Waals surface area (Å²) in [5.41, 5.74) is 0.642. The normalized spacial score (nSPS) is 11.4. The van der Waals surface area contributed by atoms with Gasteiger partial charge < -0.3 is 4.57 Å². The smallest absolute Gasteiger partial charge is 0.263 e. The van der Waals surface area contributed by atoms with Gasteiger partial charge in [-0.2, -0.15) is 0 Å². The van der Waals surface area contributed by atoms with E-state index >= 15 is 0 Å². The molecule has 3 aromatic rings. The molecule has 1 heterocycles.